The first-order valence-corrected chi connectivity index (χ1v) is 7.60. The number of anilines is 1. The molecule has 5 nitrogen and oxygen atoms in total. The predicted molar refractivity (Wildman–Crippen MR) is 81.3 cm³/mol. The molecule has 3 rings (SSSR count). The second-order valence-corrected chi connectivity index (χ2v) is 6.50. The number of nitrogens with one attached hydrogen (secondary N) is 1. The van der Waals surface area contributed by atoms with E-state index in [0.29, 0.717) is 0 Å². The smallest absolute Gasteiger partial charge is 0.217 e. The Kier molecular flexibility index (Phi) is 3.33. The largest absolute Gasteiger partial charge is 0.354 e. The number of fused-ring (bicyclic) bond motifs is 1. The van der Waals surface area contributed by atoms with E-state index < -0.39 is 0 Å². The molecule has 1 fully saturated rings. The Morgan fingerprint density at radius 2 is 2.25 bits per heavy atom. The van der Waals surface area contributed by atoms with Gasteiger partial charge in [-0.2, -0.15) is 0 Å². The van der Waals surface area contributed by atoms with Crippen molar-refractivity contribution in [1.82, 2.24) is 15.3 Å². The summed E-state index contributed by atoms with van der Waals surface area (Å²) in [6.45, 7) is 7.56. The molecule has 20 heavy (non-hydrogen) atoms. The fraction of sp³-hybridized carbons (Fsp3) is 0.500. The Balaban J connectivity index is 1.93. The molecule has 0 aromatic carbocycles. The summed E-state index contributed by atoms with van der Waals surface area (Å²) in [5.74, 6) is 1.04. The van der Waals surface area contributed by atoms with Gasteiger partial charge < -0.3 is 10.2 Å². The Bertz CT molecular complexity index is 666. The lowest BCUT2D eigenvalue weighted by molar-refractivity contribution is -0.119. The molecule has 0 spiro atoms. The van der Waals surface area contributed by atoms with Crippen LogP contribution >= 0.6 is 11.3 Å². The topological polar surface area (TPSA) is 58.1 Å². The van der Waals surface area contributed by atoms with Gasteiger partial charge in [-0.15, -0.1) is 11.3 Å². The molecular formula is C14H18N4OS. The fourth-order valence-corrected chi connectivity index (χ4v) is 3.75. The maximum atomic E-state index is 11.2. The number of nitrogens with zero attached hydrogens (tertiary/aromatic N) is 3. The van der Waals surface area contributed by atoms with Crippen LogP contribution in [0.2, 0.25) is 0 Å². The van der Waals surface area contributed by atoms with E-state index in [9.17, 15) is 4.79 Å². The van der Waals surface area contributed by atoms with Gasteiger partial charge in [0, 0.05) is 30.9 Å². The number of aromatic nitrogens is 2. The lowest BCUT2D eigenvalue weighted by atomic mass is 10.2. The summed E-state index contributed by atoms with van der Waals surface area (Å²) in [7, 11) is 0. The van der Waals surface area contributed by atoms with Crippen molar-refractivity contribution in [2.45, 2.75) is 33.2 Å². The average molecular weight is 290 g/mol. The highest BCUT2D eigenvalue weighted by molar-refractivity contribution is 7.18. The third-order valence-electron chi connectivity index (χ3n) is 3.84. The Morgan fingerprint density at radius 3 is 3.00 bits per heavy atom. The van der Waals surface area contributed by atoms with Crippen LogP contribution in [0.3, 0.4) is 0 Å². The zero-order valence-corrected chi connectivity index (χ0v) is 12.8. The van der Waals surface area contributed by atoms with Crippen molar-refractivity contribution in [3.8, 4) is 0 Å². The molecule has 1 aliphatic heterocycles. The first-order valence-electron chi connectivity index (χ1n) is 6.79. The van der Waals surface area contributed by atoms with E-state index in [1.807, 2.05) is 0 Å². The number of rotatable bonds is 2. The third-order valence-corrected chi connectivity index (χ3v) is 4.96. The van der Waals surface area contributed by atoms with E-state index in [0.717, 1.165) is 30.2 Å². The van der Waals surface area contributed by atoms with Crippen molar-refractivity contribution < 1.29 is 4.79 Å². The highest BCUT2D eigenvalue weighted by Gasteiger charge is 2.26. The number of aryl methyl sites for hydroxylation is 2. The van der Waals surface area contributed by atoms with Crippen LogP contribution in [0, 0.1) is 13.8 Å². The van der Waals surface area contributed by atoms with E-state index in [-0.39, 0.29) is 11.9 Å². The molecule has 0 bridgehead atoms. The molecule has 1 aliphatic rings. The summed E-state index contributed by atoms with van der Waals surface area (Å²) < 4.78 is 0. The van der Waals surface area contributed by atoms with Gasteiger partial charge >= 0.3 is 0 Å². The molecule has 1 amide bonds. The monoisotopic (exact) mass is 290 g/mol. The van der Waals surface area contributed by atoms with Gasteiger partial charge in [-0.05, 0) is 25.8 Å². The van der Waals surface area contributed by atoms with Crippen molar-refractivity contribution in [3.05, 3.63) is 16.8 Å². The molecule has 2 aromatic heterocycles. The first-order chi connectivity index (χ1) is 9.56. The van der Waals surface area contributed by atoms with Gasteiger partial charge in [0.05, 0.1) is 5.39 Å². The van der Waals surface area contributed by atoms with Gasteiger partial charge in [0.2, 0.25) is 5.91 Å². The predicted octanol–water partition coefficient (Wildman–Crippen LogP) is 2.02. The number of carbonyl (C=O) groups is 1. The van der Waals surface area contributed by atoms with E-state index in [1.165, 1.54) is 15.8 Å². The molecule has 2 aromatic rings. The molecule has 0 unspecified atom stereocenters. The fourth-order valence-electron chi connectivity index (χ4n) is 2.76. The molecule has 1 saturated heterocycles. The van der Waals surface area contributed by atoms with Crippen molar-refractivity contribution in [1.29, 1.82) is 0 Å². The van der Waals surface area contributed by atoms with Gasteiger partial charge in [0.1, 0.15) is 17.0 Å². The number of hydrogen-bond donors (Lipinski definition) is 1. The summed E-state index contributed by atoms with van der Waals surface area (Å²) in [4.78, 5) is 24.6. The summed E-state index contributed by atoms with van der Waals surface area (Å²) >= 11 is 1.72. The van der Waals surface area contributed by atoms with Gasteiger partial charge in [0.25, 0.3) is 0 Å². The van der Waals surface area contributed by atoms with E-state index in [2.05, 4.69) is 34.0 Å². The summed E-state index contributed by atoms with van der Waals surface area (Å²) in [5, 5.41) is 4.15. The van der Waals surface area contributed by atoms with Gasteiger partial charge in [-0.1, -0.05) is 0 Å². The van der Waals surface area contributed by atoms with Crippen LogP contribution in [0.15, 0.2) is 6.33 Å². The van der Waals surface area contributed by atoms with Crippen LogP contribution in [0.25, 0.3) is 10.2 Å². The average Bonchev–Trinajstić information content (AvgIpc) is 2.95. The number of carbonyl (C=O) groups excluding carboxylic acids is 1. The maximum absolute atomic E-state index is 11.2. The molecule has 106 valence electrons. The van der Waals surface area contributed by atoms with Crippen LogP contribution in [0.5, 0.6) is 0 Å². The van der Waals surface area contributed by atoms with Gasteiger partial charge in [0.15, 0.2) is 0 Å². The minimum Gasteiger partial charge on any atom is -0.354 e. The lowest BCUT2D eigenvalue weighted by Crippen LogP contribution is -2.35. The van der Waals surface area contributed by atoms with Crippen molar-refractivity contribution in [3.63, 3.8) is 0 Å². The number of thiophene rings is 1. The van der Waals surface area contributed by atoms with Gasteiger partial charge in [-0.3, -0.25) is 4.79 Å². The first kappa shape index (κ1) is 13.3. The number of hydrogen-bond acceptors (Lipinski definition) is 5. The molecule has 6 heteroatoms. The third kappa shape index (κ3) is 2.24. The second kappa shape index (κ2) is 5.01. The van der Waals surface area contributed by atoms with E-state index >= 15 is 0 Å². The van der Waals surface area contributed by atoms with Crippen LogP contribution in [0.1, 0.15) is 23.8 Å². The maximum Gasteiger partial charge on any atom is 0.217 e. The quantitative estimate of drug-likeness (QED) is 0.919. The Labute approximate surface area is 122 Å². The van der Waals surface area contributed by atoms with Crippen LogP contribution in [-0.4, -0.2) is 35.0 Å². The van der Waals surface area contributed by atoms with E-state index in [4.69, 9.17) is 0 Å². The highest BCUT2D eigenvalue weighted by Crippen LogP contribution is 2.35. The summed E-state index contributed by atoms with van der Waals surface area (Å²) in [6, 6.07) is 0.220. The minimum atomic E-state index is 0.0345. The van der Waals surface area contributed by atoms with E-state index in [1.54, 1.807) is 24.6 Å². The summed E-state index contributed by atoms with van der Waals surface area (Å²) in [6.07, 6.45) is 2.60. The minimum absolute atomic E-state index is 0.0345. The second-order valence-electron chi connectivity index (χ2n) is 5.29. The lowest BCUT2D eigenvalue weighted by Gasteiger charge is -2.18. The molecular weight excluding hydrogens is 272 g/mol. The van der Waals surface area contributed by atoms with Crippen LogP contribution in [0.4, 0.5) is 5.82 Å². The summed E-state index contributed by atoms with van der Waals surface area (Å²) in [5.41, 5.74) is 1.27. The normalized spacial score (nSPS) is 18.8. The zero-order valence-electron chi connectivity index (χ0n) is 11.9. The highest BCUT2D eigenvalue weighted by atomic mass is 32.1. The van der Waals surface area contributed by atoms with Crippen molar-refractivity contribution >= 4 is 33.3 Å². The van der Waals surface area contributed by atoms with Crippen LogP contribution in [-0.2, 0) is 4.79 Å². The SMILES string of the molecule is CC(=O)N[C@@H]1CCN(c2ncnc3sc(C)c(C)c23)C1. The Morgan fingerprint density at radius 1 is 1.45 bits per heavy atom. The Hall–Kier alpha value is -1.69. The standard InChI is InChI=1S/C14H18N4OS/c1-8-9(2)20-14-12(8)13(15-7-16-14)18-5-4-11(6-18)17-10(3)19/h7,11H,4-6H2,1-3H3,(H,17,19)/t11-/m1/s1. The molecule has 0 radical (unpaired) electrons. The molecule has 1 N–H and O–H groups in total. The number of amides is 1. The molecule has 3 heterocycles. The molecule has 0 aliphatic carbocycles. The zero-order chi connectivity index (χ0) is 14.3. The van der Waals surface area contributed by atoms with Gasteiger partial charge in [-0.25, -0.2) is 9.97 Å². The van der Waals surface area contributed by atoms with Crippen molar-refractivity contribution in [2.24, 2.45) is 0 Å². The van der Waals surface area contributed by atoms with Crippen LogP contribution < -0.4 is 10.2 Å². The molecule has 0 saturated carbocycles. The van der Waals surface area contributed by atoms with Crippen molar-refractivity contribution in [2.75, 3.05) is 18.0 Å². The molecule has 1 atom stereocenters.